The van der Waals surface area contributed by atoms with Crippen LogP contribution in [-0.4, -0.2) is 232 Å². The molecule has 14 N–H and O–H groups in total. The third-order valence-corrected chi connectivity index (χ3v) is 21.4. The number of ether oxygens (including phenoxy) is 8. The maximum Gasteiger partial charge on any atom is 0.335 e. The van der Waals surface area contributed by atoms with Gasteiger partial charge in [-0.25, -0.2) is 4.79 Å². The molecule has 8 fully saturated rings. The summed E-state index contributed by atoms with van der Waals surface area (Å²) < 4.78 is 48.2. The number of carboxylic acids is 1. The van der Waals surface area contributed by atoms with Gasteiger partial charge in [-0.15, -0.1) is 0 Å². The van der Waals surface area contributed by atoms with Gasteiger partial charge in [0.15, 0.2) is 25.0 Å². The van der Waals surface area contributed by atoms with Crippen molar-refractivity contribution in [3.05, 3.63) is 11.6 Å². The van der Waals surface area contributed by atoms with Gasteiger partial charge in [-0.1, -0.05) is 60.1 Å². The van der Waals surface area contributed by atoms with Crippen LogP contribution >= 0.6 is 0 Å². The van der Waals surface area contributed by atoms with E-state index in [1.165, 1.54) is 5.57 Å². The molecule has 446 valence electrons. The molecule has 0 spiro atoms. The van der Waals surface area contributed by atoms with Crippen molar-refractivity contribution >= 4 is 11.9 Å². The summed E-state index contributed by atoms with van der Waals surface area (Å²) in [5.74, 6) is -2.33. The fraction of sp³-hybridized carbons (Fsp3) is 0.926. The monoisotopic (exact) mass is 1120 g/mol. The minimum absolute atomic E-state index is 0.0272. The highest BCUT2D eigenvalue weighted by molar-refractivity contribution is 5.79. The van der Waals surface area contributed by atoms with Crippen LogP contribution in [0.1, 0.15) is 113 Å². The summed E-state index contributed by atoms with van der Waals surface area (Å²) in [4.78, 5) is 27.7. The largest absolute Gasteiger partial charge is 0.479 e. The van der Waals surface area contributed by atoms with E-state index in [1.54, 1.807) is 0 Å². The number of carboxylic acid groups (broad SMARTS) is 1. The lowest BCUT2D eigenvalue weighted by Gasteiger charge is -2.71. The molecule has 0 aromatic carbocycles. The third-order valence-electron chi connectivity index (χ3n) is 21.4. The average Bonchev–Trinajstić information content (AvgIpc) is 3.56. The molecule has 9 aliphatic rings. The molecular formula is C54H86O24. The predicted molar refractivity (Wildman–Crippen MR) is 263 cm³/mol. The van der Waals surface area contributed by atoms with E-state index in [9.17, 15) is 81.1 Å². The van der Waals surface area contributed by atoms with Gasteiger partial charge in [0.05, 0.1) is 31.3 Å². The average molecular weight is 1120 g/mol. The molecule has 4 saturated carbocycles. The minimum atomic E-state index is -2.16. The highest BCUT2D eigenvalue weighted by Gasteiger charge is 2.70. The van der Waals surface area contributed by atoms with Gasteiger partial charge in [0, 0.05) is 0 Å². The maximum absolute atomic E-state index is 14.8. The Morgan fingerprint density at radius 2 is 1.06 bits per heavy atom. The quantitative estimate of drug-likeness (QED) is 0.0574. The lowest BCUT2D eigenvalue weighted by Crippen LogP contribution is -2.68. The molecule has 1 unspecified atom stereocenters. The highest BCUT2D eigenvalue weighted by atomic mass is 16.8. The first kappa shape index (κ1) is 60.5. The van der Waals surface area contributed by atoms with E-state index in [-0.39, 0.29) is 39.4 Å². The normalized spacial score (nSPS) is 52.8. The van der Waals surface area contributed by atoms with Gasteiger partial charge in [-0.3, -0.25) is 4.79 Å². The lowest BCUT2D eigenvalue weighted by atomic mass is 9.33. The van der Waals surface area contributed by atoms with Crippen molar-refractivity contribution in [2.45, 2.75) is 242 Å². The Morgan fingerprint density at radius 1 is 0.551 bits per heavy atom. The maximum atomic E-state index is 14.8. The summed E-state index contributed by atoms with van der Waals surface area (Å²) in [6.45, 7) is 13.2. The van der Waals surface area contributed by atoms with Gasteiger partial charge in [-0.2, -0.15) is 0 Å². The molecule has 0 aromatic heterocycles. The number of esters is 1. The predicted octanol–water partition coefficient (Wildman–Crippen LogP) is -1.94. The molecule has 28 atom stereocenters. The SMILES string of the molecule is CC1(C)CC[C@]2(C(=O)O[C@@H]3O[C@H](CO)[C@@H](O)[C@H](O)[C@H]3O)CC[C@]3(C)C(=CC[C@@H]4[C@@]5(C)CC[C@H](O[C@@H]6O[C@H](C(=O)O)[C@@H](O)[C@H](O[C@@H]7O[C@H](CO)[C@@H](O)[C@H](O)[C@H]7O)[C@H]6O[C@@H]6O[C@H](CO)[C@H](O)[C@H](O)[C@H]6O)C(C)(C)C5CC[C@]43C)[C@H]2C1. The van der Waals surface area contributed by atoms with Crippen LogP contribution in [0.3, 0.4) is 0 Å². The molecule has 78 heavy (non-hydrogen) atoms. The standard InChI is InChI=1S/C54H86O24/c1-49(2)14-16-54(48(70)78-46-38(66)35(63)32(60)26(21-57)73-46)17-15-52(6)22(23(54)18-49)8-9-28-51(5)12-11-29(50(3,4)27(51)10-13-53(28,52)7)74-47-42(77-45-37(65)34(62)31(59)25(20-56)72-45)40(39(67)41(76-47)43(68)69)75-44-36(64)33(61)30(58)24(19-55)71-44/h8,23-42,44-47,55-67H,9-21H2,1-7H3,(H,68,69)/t23-,24-,25-,26-,27?,28-,29+,30-,31+,32-,33+,34+,35+,36-,37-,38-,39+,40+,41+,42-,44+,45+,46+,47-,51+,52-,53-,54+/m1/s1. The van der Waals surface area contributed by atoms with Gasteiger partial charge in [-0.05, 0) is 109 Å². The molecule has 0 radical (unpaired) electrons. The number of aliphatic hydroxyl groups excluding tert-OH is 13. The minimum Gasteiger partial charge on any atom is -0.479 e. The van der Waals surface area contributed by atoms with E-state index in [1.807, 2.05) is 0 Å². The molecular weight excluding hydrogens is 1030 g/mol. The van der Waals surface area contributed by atoms with Crippen LogP contribution in [0.25, 0.3) is 0 Å². The fourth-order valence-corrected chi connectivity index (χ4v) is 16.5. The third kappa shape index (κ3) is 9.72. The van der Waals surface area contributed by atoms with Crippen LogP contribution in [0.2, 0.25) is 0 Å². The first-order chi connectivity index (χ1) is 36.5. The van der Waals surface area contributed by atoms with E-state index >= 15 is 0 Å². The smallest absolute Gasteiger partial charge is 0.335 e. The number of hydrogen-bond acceptors (Lipinski definition) is 23. The number of carbonyl (C=O) groups is 2. The van der Waals surface area contributed by atoms with E-state index in [0.29, 0.717) is 44.9 Å². The zero-order chi connectivity index (χ0) is 57.1. The van der Waals surface area contributed by atoms with Crippen LogP contribution in [0.4, 0.5) is 0 Å². The van der Waals surface area contributed by atoms with Crippen LogP contribution in [0.15, 0.2) is 11.6 Å². The van der Waals surface area contributed by atoms with Crippen molar-refractivity contribution in [3.8, 4) is 0 Å². The molecule has 9 rings (SSSR count). The van der Waals surface area contributed by atoms with E-state index in [4.69, 9.17) is 37.9 Å². The second-order valence-corrected chi connectivity index (χ2v) is 26.3. The number of fused-ring (bicyclic) bond motifs is 7. The summed E-state index contributed by atoms with van der Waals surface area (Å²) in [5.41, 5.74) is -1.57. The van der Waals surface area contributed by atoms with Crippen LogP contribution in [-0.2, 0) is 47.5 Å². The number of allylic oxidation sites excluding steroid dienone is 2. The molecule has 4 saturated heterocycles. The molecule has 4 heterocycles. The number of aliphatic hydroxyl groups is 13. The van der Waals surface area contributed by atoms with Crippen LogP contribution in [0.5, 0.6) is 0 Å². The highest BCUT2D eigenvalue weighted by Crippen LogP contribution is 2.76. The number of aliphatic carboxylic acids is 1. The molecule has 5 aliphatic carbocycles. The van der Waals surface area contributed by atoms with Gasteiger partial charge in [0.25, 0.3) is 0 Å². The van der Waals surface area contributed by atoms with Gasteiger partial charge >= 0.3 is 11.9 Å². The Balaban J connectivity index is 1.00. The van der Waals surface area contributed by atoms with E-state index in [0.717, 1.165) is 19.3 Å². The topological polar surface area (TPSA) is 391 Å². The van der Waals surface area contributed by atoms with Crippen molar-refractivity contribution in [2.24, 2.45) is 50.2 Å². The molecule has 4 aliphatic heterocycles. The Hall–Kier alpha value is -2.12. The zero-order valence-corrected chi connectivity index (χ0v) is 45.5. The van der Waals surface area contributed by atoms with Crippen molar-refractivity contribution in [1.29, 1.82) is 0 Å². The molecule has 24 heteroatoms. The summed E-state index contributed by atoms with van der Waals surface area (Å²) >= 11 is 0. The van der Waals surface area contributed by atoms with Gasteiger partial charge in [0.2, 0.25) is 6.29 Å². The van der Waals surface area contributed by atoms with Crippen molar-refractivity contribution < 1.29 is 119 Å². The number of carbonyl (C=O) groups excluding carboxylic acids is 1. The second-order valence-electron chi connectivity index (χ2n) is 26.3. The lowest BCUT2D eigenvalue weighted by molar-refractivity contribution is -0.396. The Labute approximate surface area is 453 Å². The van der Waals surface area contributed by atoms with E-state index < -0.39 is 172 Å². The van der Waals surface area contributed by atoms with Gasteiger partial charge < -0.3 is 109 Å². The molecule has 0 aromatic rings. The summed E-state index contributed by atoms with van der Waals surface area (Å²) in [6.07, 6.45) is -28.0. The zero-order valence-electron chi connectivity index (χ0n) is 45.5. The number of hydrogen-bond donors (Lipinski definition) is 14. The first-order valence-corrected chi connectivity index (χ1v) is 27.8. The van der Waals surface area contributed by atoms with Crippen molar-refractivity contribution in [2.75, 3.05) is 19.8 Å². The molecule has 24 nitrogen and oxygen atoms in total. The fourth-order valence-electron chi connectivity index (χ4n) is 16.5. The Bertz CT molecular complexity index is 2190. The molecule has 0 bridgehead atoms. The Morgan fingerprint density at radius 3 is 1.60 bits per heavy atom. The van der Waals surface area contributed by atoms with Crippen molar-refractivity contribution in [3.63, 3.8) is 0 Å². The summed E-state index contributed by atoms with van der Waals surface area (Å²) in [7, 11) is 0. The summed E-state index contributed by atoms with van der Waals surface area (Å²) in [5, 5.41) is 149. The summed E-state index contributed by atoms with van der Waals surface area (Å²) in [6, 6.07) is 0. The van der Waals surface area contributed by atoms with Crippen molar-refractivity contribution in [1.82, 2.24) is 0 Å². The number of rotatable bonds is 12. The van der Waals surface area contributed by atoms with Crippen LogP contribution < -0.4 is 0 Å². The first-order valence-electron chi connectivity index (χ1n) is 27.8. The second kappa shape index (κ2) is 21.8. The molecule has 0 amide bonds. The Kier molecular flexibility index (Phi) is 16.9. The van der Waals surface area contributed by atoms with Crippen LogP contribution in [0, 0.1) is 50.2 Å². The van der Waals surface area contributed by atoms with Gasteiger partial charge in [0.1, 0.15) is 91.6 Å². The van der Waals surface area contributed by atoms with E-state index in [2.05, 4.69) is 54.5 Å².